The van der Waals surface area contributed by atoms with Gasteiger partial charge in [-0.1, -0.05) is 68.8 Å². The lowest BCUT2D eigenvalue weighted by Gasteiger charge is -2.16. The zero-order chi connectivity index (χ0) is 24.5. The van der Waals surface area contributed by atoms with Crippen LogP contribution >= 0.6 is 0 Å². The van der Waals surface area contributed by atoms with Gasteiger partial charge in [-0.05, 0) is 59.4 Å². The van der Waals surface area contributed by atoms with Gasteiger partial charge in [0.1, 0.15) is 12.4 Å². The number of likely N-dealkylation sites (N-methyl/N-ethyl adjacent to an activating group) is 1. The molecule has 5 heteroatoms. The van der Waals surface area contributed by atoms with Crippen LogP contribution < -0.4 is 4.74 Å². The molecule has 3 aromatic rings. The van der Waals surface area contributed by atoms with Crippen LogP contribution in [0.1, 0.15) is 31.7 Å². The summed E-state index contributed by atoms with van der Waals surface area (Å²) in [5.74, 6) is -1.18. The fourth-order valence-corrected chi connectivity index (χ4v) is 3.72. The average Bonchev–Trinajstić information content (AvgIpc) is 2.85. The molecular formula is C29H31F2NO2. The predicted octanol–water partition coefficient (Wildman–Crippen LogP) is 7.05. The summed E-state index contributed by atoms with van der Waals surface area (Å²) in [5, 5.41) is 0. The molecule has 3 rings (SSSR count). The molecule has 0 saturated carbocycles. The van der Waals surface area contributed by atoms with Crippen molar-refractivity contribution in [2.45, 2.75) is 32.6 Å². The number of hydrogen-bond donors (Lipinski definition) is 0. The van der Waals surface area contributed by atoms with Crippen molar-refractivity contribution in [3.63, 3.8) is 0 Å². The van der Waals surface area contributed by atoms with Crippen LogP contribution in [0, 0.1) is 11.6 Å². The molecule has 0 saturated heterocycles. The van der Waals surface area contributed by atoms with E-state index >= 15 is 0 Å². The SMILES string of the molecule is C=CC(=O)N(C)CCOc1ccc(-c2ccc(-c3ccc(CCCCC)cc3)cc2F)cc1F. The zero-order valence-electron chi connectivity index (χ0n) is 19.8. The molecule has 0 spiro atoms. The molecule has 0 aliphatic rings. The molecule has 0 aliphatic carbocycles. The van der Waals surface area contributed by atoms with Gasteiger partial charge in [-0.25, -0.2) is 8.78 Å². The van der Waals surface area contributed by atoms with Crippen molar-refractivity contribution < 1.29 is 18.3 Å². The maximum Gasteiger partial charge on any atom is 0.245 e. The number of rotatable bonds is 11. The smallest absolute Gasteiger partial charge is 0.245 e. The first-order chi connectivity index (χ1) is 16.4. The molecule has 0 bridgehead atoms. The van der Waals surface area contributed by atoms with Gasteiger partial charge in [0, 0.05) is 12.6 Å². The molecule has 34 heavy (non-hydrogen) atoms. The minimum Gasteiger partial charge on any atom is -0.489 e. The number of nitrogens with zero attached hydrogens (tertiary/aromatic N) is 1. The molecule has 0 aliphatic heterocycles. The lowest BCUT2D eigenvalue weighted by atomic mass is 9.98. The Morgan fingerprint density at radius 2 is 1.62 bits per heavy atom. The van der Waals surface area contributed by atoms with Gasteiger partial charge in [-0.2, -0.15) is 0 Å². The van der Waals surface area contributed by atoms with E-state index in [1.54, 1.807) is 19.2 Å². The summed E-state index contributed by atoms with van der Waals surface area (Å²) in [4.78, 5) is 12.9. The van der Waals surface area contributed by atoms with Gasteiger partial charge >= 0.3 is 0 Å². The van der Waals surface area contributed by atoms with Gasteiger partial charge in [0.2, 0.25) is 5.91 Å². The Morgan fingerprint density at radius 3 is 2.26 bits per heavy atom. The van der Waals surface area contributed by atoms with Crippen LogP contribution in [0.4, 0.5) is 8.78 Å². The number of amides is 1. The third kappa shape index (κ3) is 6.53. The normalized spacial score (nSPS) is 10.7. The van der Waals surface area contributed by atoms with Gasteiger partial charge < -0.3 is 9.64 Å². The van der Waals surface area contributed by atoms with Crippen LogP contribution in [0.25, 0.3) is 22.3 Å². The fourth-order valence-electron chi connectivity index (χ4n) is 3.72. The van der Waals surface area contributed by atoms with E-state index in [9.17, 15) is 13.6 Å². The third-order valence-electron chi connectivity index (χ3n) is 5.80. The lowest BCUT2D eigenvalue weighted by molar-refractivity contribution is -0.125. The Morgan fingerprint density at radius 1 is 0.941 bits per heavy atom. The van der Waals surface area contributed by atoms with Crippen LogP contribution in [-0.4, -0.2) is 31.0 Å². The highest BCUT2D eigenvalue weighted by atomic mass is 19.1. The largest absolute Gasteiger partial charge is 0.489 e. The third-order valence-corrected chi connectivity index (χ3v) is 5.80. The minimum absolute atomic E-state index is 0.0549. The number of carbonyl (C=O) groups is 1. The Balaban J connectivity index is 1.68. The Bertz CT molecular complexity index is 1130. The van der Waals surface area contributed by atoms with Gasteiger partial charge in [-0.3, -0.25) is 4.79 Å². The van der Waals surface area contributed by atoms with E-state index in [4.69, 9.17) is 4.74 Å². The molecular weight excluding hydrogens is 432 g/mol. The first-order valence-corrected chi connectivity index (χ1v) is 11.6. The topological polar surface area (TPSA) is 29.5 Å². The molecule has 3 nitrogen and oxygen atoms in total. The molecule has 0 aromatic heterocycles. The van der Waals surface area contributed by atoms with E-state index in [-0.39, 0.29) is 18.3 Å². The number of ether oxygens (including phenoxy) is 1. The number of halogens is 2. The summed E-state index contributed by atoms with van der Waals surface area (Å²) in [7, 11) is 1.61. The molecule has 3 aromatic carbocycles. The molecule has 0 radical (unpaired) electrons. The second-order valence-corrected chi connectivity index (χ2v) is 8.31. The van der Waals surface area contributed by atoms with Gasteiger partial charge in [0.15, 0.2) is 11.6 Å². The van der Waals surface area contributed by atoms with Crippen LogP contribution in [0.3, 0.4) is 0 Å². The number of carbonyl (C=O) groups excluding carboxylic acids is 1. The lowest BCUT2D eigenvalue weighted by Crippen LogP contribution is -2.29. The van der Waals surface area contributed by atoms with Crippen LogP contribution in [-0.2, 0) is 11.2 Å². The van der Waals surface area contributed by atoms with Crippen molar-refractivity contribution in [2.24, 2.45) is 0 Å². The first-order valence-electron chi connectivity index (χ1n) is 11.6. The number of benzene rings is 3. The van der Waals surface area contributed by atoms with Gasteiger partial charge in [-0.15, -0.1) is 0 Å². The summed E-state index contributed by atoms with van der Waals surface area (Å²) in [5.41, 5.74) is 3.76. The molecule has 0 N–H and O–H groups in total. The summed E-state index contributed by atoms with van der Waals surface area (Å²) >= 11 is 0. The molecule has 0 unspecified atom stereocenters. The molecule has 1 amide bonds. The van der Waals surface area contributed by atoms with E-state index in [0.29, 0.717) is 17.7 Å². The number of unbranched alkanes of at least 4 members (excludes halogenated alkanes) is 2. The number of hydrogen-bond acceptors (Lipinski definition) is 2. The van der Waals surface area contributed by atoms with Crippen molar-refractivity contribution in [3.8, 4) is 28.0 Å². The van der Waals surface area contributed by atoms with Crippen LogP contribution in [0.15, 0.2) is 73.3 Å². The van der Waals surface area contributed by atoms with Crippen molar-refractivity contribution in [2.75, 3.05) is 20.2 Å². The van der Waals surface area contributed by atoms with E-state index in [1.807, 2.05) is 18.2 Å². The van der Waals surface area contributed by atoms with Crippen molar-refractivity contribution in [1.29, 1.82) is 0 Å². The Hall–Kier alpha value is -3.47. The highest BCUT2D eigenvalue weighted by Gasteiger charge is 2.12. The van der Waals surface area contributed by atoms with Crippen LogP contribution in [0.2, 0.25) is 0 Å². The van der Waals surface area contributed by atoms with Gasteiger partial charge in [0.25, 0.3) is 0 Å². The van der Waals surface area contributed by atoms with E-state index < -0.39 is 11.6 Å². The monoisotopic (exact) mass is 463 g/mol. The zero-order valence-corrected chi connectivity index (χ0v) is 19.8. The average molecular weight is 464 g/mol. The Kier molecular flexibility index (Phi) is 8.97. The molecule has 0 fully saturated rings. The minimum atomic E-state index is -0.586. The van der Waals surface area contributed by atoms with E-state index in [2.05, 4.69) is 25.6 Å². The fraction of sp³-hybridized carbons (Fsp3) is 0.276. The molecule has 178 valence electrons. The van der Waals surface area contributed by atoms with Crippen molar-refractivity contribution in [3.05, 3.63) is 90.5 Å². The standard InChI is InChI=1S/C29H31F2NO2/c1-4-6-7-8-21-9-11-22(12-10-21)23-13-15-25(26(30)19-23)24-14-16-28(27(31)20-24)34-18-17-32(3)29(33)5-2/h5,9-16,19-20H,2,4,6-8,17-18H2,1,3H3. The molecule has 0 heterocycles. The Labute approximate surface area is 200 Å². The highest BCUT2D eigenvalue weighted by molar-refractivity contribution is 5.86. The molecule has 0 atom stereocenters. The second kappa shape index (κ2) is 12.1. The number of aryl methyl sites for hydroxylation is 1. The van der Waals surface area contributed by atoms with E-state index in [0.717, 1.165) is 17.5 Å². The predicted molar refractivity (Wildman–Crippen MR) is 134 cm³/mol. The summed E-state index contributed by atoms with van der Waals surface area (Å²) in [6.07, 6.45) is 5.84. The van der Waals surface area contributed by atoms with Crippen molar-refractivity contribution >= 4 is 5.91 Å². The maximum atomic E-state index is 14.9. The summed E-state index contributed by atoms with van der Waals surface area (Å²) < 4.78 is 34.9. The van der Waals surface area contributed by atoms with Gasteiger partial charge in [0.05, 0.1) is 6.54 Å². The van der Waals surface area contributed by atoms with E-state index in [1.165, 1.54) is 54.0 Å². The highest BCUT2D eigenvalue weighted by Crippen LogP contribution is 2.31. The maximum absolute atomic E-state index is 14.9. The second-order valence-electron chi connectivity index (χ2n) is 8.31. The van der Waals surface area contributed by atoms with Crippen LogP contribution in [0.5, 0.6) is 5.75 Å². The summed E-state index contributed by atoms with van der Waals surface area (Å²) in [6, 6.07) is 17.6. The van der Waals surface area contributed by atoms with Crippen molar-refractivity contribution in [1.82, 2.24) is 4.90 Å². The first kappa shape index (κ1) is 25.2. The summed E-state index contributed by atoms with van der Waals surface area (Å²) in [6.45, 7) is 6.04. The quantitative estimate of drug-likeness (QED) is 0.225.